The van der Waals surface area contributed by atoms with Crippen molar-refractivity contribution < 1.29 is 0 Å². The minimum atomic E-state index is 0. The molecule has 0 unspecified atom stereocenters. The fourth-order valence-electron chi connectivity index (χ4n) is 0.898. The lowest BCUT2D eigenvalue weighted by atomic mass is 10.4. The molecule has 0 aliphatic heterocycles. The Kier molecular flexibility index (Phi) is 1.96. The average Bonchev–Trinajstić information content (AvgIpc) is 2.34. The molecule has 0 aliphatic carbocycles. The highest BCUT2D eigenvalue weighted by atomic mass is 35.5. The zero-order valence-corrected chi connectivity index (χ0v) is 6.45. The summed E-state index contributed by atoms with van der Waals surface area (Å²) in [6.07, 6.45) is 4.96. The predicted octanol–water partition coefficient (Wildman–Crippen LogP) is 0.567. The van der Waals surface area contributed by atoms with Crippen LogP contribution < -0.4 is 5.84 Å². The summed E-state index contributed by atoms with van der Waals surface area (Å²) in [5, 5.41) is 0.963. The van der Waals surface area contributed by atoms with Crippen molar-refractivity contribution in [2.24, 2.45) is 0 Å². The van der Waals surface area contributed by atoms with Crippen LogP contribution in [0.1, 0.15) is 0 Å². The highest BCUT2D eigenvalue weighted by Gasteiger charge is 1.95. The van der Waals surface area contributed by atoms with Crippen molar-refractivity contribution in [2.75, 3.05) is 5.84 Å². The van der Waals surface area contributed by atoms with Crippen LogP contribution in [-0.4, -0.2) is 14.6 Å². The van der Waals surface area contributed by atoms with Crippen molar-refractivity contribution in [3.8, 4) is 0 Å². The van der Waals surface area contributed by atoms with E-state index < -0.39 is 0 Å². The third-order valence-electron chi connectivity index (χ3n) is 1.38. The first-order valence-corrected chi connectivity index (χ1v) is 2.90. The molecule has 5 heteroatoms. The topological polar surface area (TPSA) is 56.7 Å². The normalized spacial score (nSPS) is 9.45. The van der Waals surface area contributed by atoms with E-state index in [-0.39, 0.29) is 12.4 Å². The Hall–Kier alpha value is -1.29. The van der Waals surface area contributed by atoms with Crippen LogP contribution in [0.25, 0.3) is 11.0 Å². The molecular weight excluding hydrogens is 164 g/mol. The standard InChI is InChI=1S/C6H6N4.ClH/c7-10-2-1-5-3-8-4-9-6(5)10;/h1-4H,7H2;1H. The summed E-state index contributed by atoms with van der Waals surface area (Å²) < 4.78 is 1.47. The first-order valence-electron chi connectivity index (χ1n) is 2.90. The fourth-order valence-corrected chi connectivity index (χ4v) is 0.898. The number of rotatable bonds is 0. The molecule has 0 atom stereocenters. The highest BCUT2D eigenvalue weighted by Crippen LogP contribution is 2.06. The van der Waals surface area contributed by atoms with Gasteiger partial charge in [-0.3, -0.25) is 4.68 Å². The van der Waals surface area contributed by atoms with Crippen LogP contribution in [0.2, 0.25) is 0 Å². The van der Waals surface area contributed by atoms with Crippen LogP contribution in [-0.2, 0) is 0 Å². The molecule has 0 fully saturated rings. The van der Waals surface area contributed by atoms with Crippen molar-refractivity contribution in [1.82, 2.24) is 14.6 Å². The minimum Gasteiger partial charge on any atom is -0.338 e. The number of hydrogen-bond donors (Lipinski definition) is 1. The van der Waals surface area contributed by atoms with Gasteiger partial charge in [-0.1, -0.05) is 0 Å². The molecule has 0 aromatic carbocycles. The SMILES string of the molecule is Cl.Nn1ccc2cncnc21. The molecule has 2 aromatic rings. The smallest absolute Gasteiger partial charge is 0.161 e. The second kappa shape index (κ2) is 2.75. The summed E-state index contributed by atoms with van der Waals surface area (Å²) in [7, 11) is 0. The Labute approximate surface area is 69.4 Å². The van der Waals surface area contributed by atoms with Crippen molar-refractivity contribution in [2.45, 2.75) is 0 Å². The summed E-state index contributed by atoms with van der Waals surface area (Å²) in [4.78, 5) is 7.81. The lowest BCUT2D eigenvalue weighted by molar-refractivity contribution is 1.03. The van der Waals surface area contributed by atoms with Crippen LogP contribution in [0.4, 0.5) is 0 Å². The second-order valence-corrected chi connectivity index (χ2v) is 2.02. The number of halogens is 1. The third-order valence-corrected chi connectivity index (χ3v) is 1.38. The lowest BCUT2D eigenvalue weighted by Gasteiger charge is -1.91. The maximum Gasteiger partial charge on any atom is 0.161 e. The van der Waals surface area contributed by atoms with E-state index in [9.17, 15) is 0 Å². The summed E-state index contributed by atoms with van der Waals surface area (Å²) in [5.41, 5.74) is 0.759. The summed E-state index contributed by atoms with van der Waals surface area (Å²) in [5.74, 6) is 5.50. The van der Waals surface area contributed by atoms with E-state index in [0.29, 0.717) is 0 Å². The van der Waals surface area contributed by atoms with Crippen molar-refractivity contribution in [3.05, 3.63) is 24.8 Å². The number of hydrogen-bond acceptors (Lipinski definition) is 3. The van der Waals surface area contributed by atoms with E-state index in [2.05, 4.69) is 9.97 Å². The minimum absolute atomic E-state index is 0. The maximum atomic E-state index is 5.50. The lowest BCUT2D eigenvalue weighted by Crippen LogP contribution is -2.05. The van der Waals surface area contributed by atoms with Crippen LogP contribution >= 0.6 is 12.4 Å². The van der Waals surface area contributed by atoms with Crippen LogP contribution in [0, 0.1) is 0 Å². The fraction of sp³-hybridized carbons (Fsp3) is 0. The van der Waals surface area contributed by atoms with E-state index in [1.54, 1.807) is 12.4 Å². The van der Waals surface area contributed by atoms with E-state index >= 15 is 0 Å². The number of fused-ring (bicyclic) bond motifs is 1. The summed E-state index contributed by atoms with van der Waals surface area (Å²) in [6, 6.07) is 1.87. The molecule has 0 spiro atoms. The molecule has 2 aromatic heterocycles. The van der Waals surface area contributed by atoms with Gasteiger partial charge in [0, 0.05) is 17.8 Å². The molecule has 58 valence electrons. The van der Waals surface area contributed by atoms with Gasteiger partial charge in [-0.25, -0.2) is 9.97 Å². The molecular formula is C6H7ClN4. The second-order valence-electron chi connectivity index (χ2n) is 2.02. The molecule has 2 heterocycles. The quantitative estimate of drug-likeness (QED) is 0.588. The van der Waals surface area contributed by atoms with E-state index in [0.717, 1.165) is 11.0 Å². The van der Waals surface area contributed by atoms with E-state index in [1.807, 2.05) is 6.07 Å². The van der Waals surface area contributed by atoms with Gasteiger partial charge in [0.05, 0.1) is 0 Å². The monoisotopic (exact) mass is 170 g/mol. The van der Waals surface area contributed by atoms with Crippen molar-refractivity contribution in [1.29, 1.82) is 0 Å². The first-order chi connectivity index (χ1) is 4.88. The Morgan fingerprint density at radius 3 is 3.00 bits per heavy atom. The highest BCUT2D eigenvalue weighted by molar-refractivity contribution is 5.85. The molecule has 4 nitrogen and oxygen atoms in total. The molecule has 0 bridgehead atoms. The molecule has 0 saturated heterocycles. The molecule has 0 saturated carbocycles. The maximum absolute atomic E-state index is 5.50. The molecule has 11 heavy (non-hydrogen) atoms. The molecule has 0 radical (unpaired) electrons. The Balaban J connectivity index is 0.000000605. The first kappa shape index (κ1) is 7.81. The molecule has 0 aliphatic rings. The van der Waals surface area contributed by atoms with Crippen molar-refractivity contribution >= 4 is 23.4 Å². The number of nitrogen functional groups attached to an aromatic ring is 1. The van der Waals surface area contributed by atoms with Crippen LogP contribution in [0.3, 0.4) is 0 Å². The Bertz CT molecular complexity index is 356. The molecule has 2 rings (SSSR count). The van der Waals surface area contributed by atoms with E-state index in [1.165, 1.54) is 11.0 Å². The Morgan fingerprint density at radius 2 is 2.27 bits per heavy atom. The zero-order chi connectivity index (χ0) is 6.97. The Morgan fingerprint density at radius 1 is 1.45 bits per heavy atom. The van der Waals surface area contributed by atoms with Gasteiger partial charge in [-0.15, -0.1) is 12.4 Å². The van der Waals surface area contributed by atoms with Crippen LogP contribution in [0.5, 0.6) is 0 Å². The van der Waals surface area contributed by atoms with Gasteiger partial charge in [-0.2, -0.15) is 0 Å². The van der Waals surface area contributed by atoms with Gasteiger partial charge in [0.1, 0.15) is 6.33 Å². The van der Waals surface area contributed by atoms with Gasteiger partial charge < -0.3 is 5.84 Å². The van der Waals surface area contributed by atoms with Gasteiger partial charge >= 0.3 is 0 Å². The van der Waals surface area contributed by atoms with Crippen LogP contribution in [0.15, 0.2) is 24.8 Å². The predicted molar refractivity (Wildman–Crippen MR) is 44.9 cm³/mol. The summed E-state index contributed by atoms with van der Waals surface area (Å²) in [6.45, 7) is 0. The average molecular weight is 171 g/mol. The van der Waals surface area contributed by atoms with Gasteiger partial charge in [0.15, 0.2) is 5.65 Å². The van der Waals surface area contributed by atoms with Gasteiger partial charge in [-0.05, 0) is 6.07 Å². The number of nitrogens with zero attached hydrogens (tertiary/aromatic N) is 3. The molecule has 2 N–H and O–H groups in total. The number of nitrogens with two attached hydrogens (primary N) is 1. The third kappa shape index (κ3) is 1.12. The van der Waals surface area contributed by atoms with Gasteiger partial charge in [0.25, 0.3) is 0 Å². The van der Waals surface area contributed by atoms with E-state index in [4.69, 9.17) is 5.84 Å². The van der Waals surface area contributed by atoms with Crippen molar-refractivity contribution in [3.63, 3.8) is 0 Å². The van der Waals surface area contributed by atoms with Gasteiger partial charge in [0.2, 0.25) is 0 Å². The zero-order valence-electron chi connectivity index (χ0n) is 5.64. The summed E-state index contributed by atoms with van der Waals surface area (Å²) >= 11 is 0. The number of aromatic nitrogens is 3. The molecule has 0 amide bonds. The largest absolute Gasteiger partial charge is 0.338 e.